The maximum Gasteiger partial charge on any atom is 0.256 e. The van der Waals surface area contributed by atoms with E-state index in [4.69, 9.17) is 0 Å². The van der Waals surface area contributed by atoms with E-state index in [1.54, 1.807) is 30.7 Å². The van der Waals surface area contributed by atoms with Crippen molar-refractivity contribution in [3.05, 3.63) is 60.2 Å². The van der Waals surface area contributed by atoms with E-state index in [9.17, 15) is 9.59 Å². The number of hydrogen-bond donors (Lipinski definition) is 2. The number of Topliss-reactive ketones (excluding diaryl/α,β-unsaturated/α-hetero) is 1. The largest absolute Gasteiger partial charge is 0.358 e. The summed E-state index contributed by atoms with van der Waals surface area (Å²) in [5.74, 6) is 1.10. The summed E-state index contributed by atoms with van der Waals surface area (Å²) >= 11 is 0. The van der Waals surface area contributed by atoms with Crippen molar-refractivity contribution in [2.75, 3.05) is 5.32 Å². The van der Waals surface area contributed by atoms with E-state index in [1.165, 1.54) is 0 Å². The minimum Gasteiger partial charge on any atom is -0.358 e. The highest BCUT2D eigenvalue weighted by Crippen LogP contribution is 2.34. The zero-order valence-corrected chi connectivity index (χ0v) is 17.3. The maximum absolute atomic E-state index is 12.8. The van der Waals surface area contributed by atoms with Crippen LogP contribution in [0.15, 0.2) is 48.9 Å². The Labute approximate surface area is 178 Å². The number of anilines is 1. The Balaban J connectivity index is 1.38. The van der Waals surface area contributed by atoms with Crippen molar-refractivity contribution in [3.8, 4) is 11.5 Å². The molecule has 1 aliphatic carbocycles. The van der Waals surface area contributed by atoms with E-state index in [0.717, 1.165) is 23.6 Å². The number of ketones is 1. The van der Waals surface area contributed by atoms with E-state index in [0.29, 0.717) is 28.6 Å². The summed E-state index contributed by atoms with van der Waals surface area (Å²) in [7, 11) is 0. The van der Waals surface area contributed by atoms with Crippen molar-refractivity contribution in [2.45, 2.75) is 32.7 Å². The Bertz CT molecular complexity index is 1300. The first-order valence-corrected chi connectivity index (χ1v) is 10.3. The number of hydrogen-bond acceptors (Lipinski definition) is 5. The van der Waals surface area contributed by atoms with Gasteiger partial charge in [0.05, 0.1) is 5.69 Å². The molecule has 0 radical (unpaired) electrons. The summed E-state index contributed by atoms with van der Waals surface area (Å²) in [5.41, 5.74) is 1.76. The fourth-order valence-corrected chi connectivity index (χ4v) is 3.65. The lowest BCUT2D eigenvalue weighted by molar-refractivity contribution is 0.0964. The molecule has 3 aromatic heterocycles. The molecule has 0 aliphatic heterocycles. The number of carbonyl (C=O) groups excluding carboxylic acids is 2. The van der Waals surface area contributed by atoms with Gasteiger partial charge in [-0.1, -0.05) is 12.1 Å². The van der Waals surface area contributed by atoms with Gasteiger partial charge in [0.25, 0.3) is 5.91 Å². The van der Waals surface area contributed by atoms with E-state index >= 15 is 0 Å². The first-order valence-electron chi connectivity index (χ1n) is 10.3. The van der Waals surface area contributed by atoms with E-state index in [-0.39, 0.29) is 23.7 Å². The average molecular weight is 414 g/mol. The standard InChI is InChI=1S/C23H22N6O2/c1-13(2)29-12-25-28-22(29)18-4-3-5-19(26-18)27-23(31)15-8-9-17-16(10-15)11-24-20(17)21(30)14-6-7-14/h3-5,8-14,24H,6-7H2,1-2H3,(H,26,27,31). The monoisotopic (exact) mass is 414 g/mol. The molecule has 8 nitrogen and oxygen atoms in total. The first kappa shape index (κ1) is 19.2. The van der Waals surface area contributed by atoms with Gasteiger partial charge in [-0.2, -0.15) is 0 Å². The van der Waals surface area contributed by atoms with Crippen LogP contribution < -0.4 is 5.32 Å². The predicted octanol–water partition coefficient (Wildman–Crippen LogP) is 4.25. The molecule has 0 saturated heterocycles. The van der Waals surface area contributed by atoms with Crippen LogP contribution in [0.5, 0.6) is 0 Å². The molecule has 1 aromatic carbocycles. The summed E-state index contributed by atoms with van der Waals surface area (Å²) in [4.78, 5) is 32.8. The van der Waals surface area contributed by atoms with E-state index in [1.807, 2.05) is 36.6 Å². The van der Waals surface area contributed by atoms with Gasteiger partial charge in [-0.15, -0.1) is 10.2 Å². The number of rotatable bonds is 6. The van der Waals surface area contributed by atoms with Crippen LogP contribution in [0.25, 0.3) is 22.3 Å². The highest BCUT2D eigenvalue weighted by atomic mass is 16.1. The van der Waals surface area contributed by atoms with Crippen LogP contribution in [0.3, 0.4) is 0 Å². The van der Waals surface area contributed by atoms with Gasteiger partial charge in [-0.25, -0.2) is 4.98 Å². The Kier molecular flexibility index (Phi) is 4.62. The molecular weight excluding hydrogens is 392 g/mol. The first-order chi connectivity index (χ1) is 15.0. The number of carbonyl (C=O) groups is 2. The van der Waals surface area contributed by atoms with Crippen LogP contribution >= 0.6 is 0 Å². The Hall–Kier alpha value is -3.81. The fraction of sp³-hybridized carbons (Fsp3) is 0.261. The summed E-state index contributed by atoms with van der Waals surface area (Å²) < 4.78 is 1.92. The molecule has 5 rings (SSSR count). The lowest BCUT2D eigenvalue weighted by Gasteiger charge is -2.10. The van der Waals surface area contributed by atoms with Gasteiger partial charge < -0.3 is 14.9 Å². The van der Waals surface area contributed by atoms with Crippen LogP contribution in [-0.2, 0) is 0 Å². The molecule has 4 aromatic rings. The molecule has 2 N–H and O–H groups in total. The second kappa shape index (κ2) is 7.46. The van der Waals surface area contributed by atoms with Crippen molar-refractivity contribution < 1.29 is 9.59 Å². The number of pyridine rings is 1. The average Bonchev–Trinajstić information content (AvgIpc) is 3.33. The summed E-state index contributed by atoms with van der Waals surface area (Å²) in [6.07, 6.45) is 5.36. The minimum atomic E-state index is -0.270. The summed E-state index contributed by atoms with van der Waals surface area (Å²) in [6, 6.07) is 10.9. The lowest BCUT2D eigenvalue weighted by atomic mass is 10.1. The van der Waals surface area contributed by atoms with Crippen molar-refractivity contribution in [1.29, 1.82) is 0 Å². The summed E-state index contributed by atoms with van der Waals surface area (Å²) in [5, 5.41) is 12.7. The summed E-state index contributed by atoms with van der Waals surface area (Å²) in [6.45, 7) is 4.08. The lowest BCUT2D eigenvalue weighted by Crippen LogP contribution is -2.13. The molecule has 0 atom stereocenters. The molecule has 0 spiro atoms. The molecule has 8 heteroatoms. The van der Waals surface area contributed by atoms with Crippen molar-refractivity contribution in [2.24, 2.45) is 5.92 Å². The van der Waals surface area contributed by atoms with E-state index in [2.05, 4.69) is 25.5 Å². The molecule has 0 unspecified atom stereocenters. The predicted molar refractivity (Wildman–Crippen MR) is 117 cm³/mol. The molecule has 1 saturated carbocycles. The highest BCUT2D eigenvalue weighted by Gasteiger charge is 2.32. The minimum absolute atomic E-state index is 0.143. The third kappa shape index (κ3) is 3.61. The molecule has 0 bridgehead atoms. The number of benzene rings is 1. The normalized spacial score (nSPS) is 13.6. The third-order valence-electron chi connectivity index (χ3n) is 5.50. The Morgan fingerprint density at radius 3 is 2.81 bits per heavy atom. The second-order valence-corrected chi connectivity index (χ2v) is 8.12. The van der Waals surface area contributed by atoms with Crippen LogP contribution in [-0.4, -0.2) is 36.4 Å². The number of aromatic nitrogens is 5. The van der Waals surface area contributed by atoms with E-state index < -0.39 is 0 Å². The number of aromatic amines is 1. The van der Waals surface area contributed by atoms with Gasteiger partial charge in [0.15, 0.2) is 11.6 Å². The van der Waals surface area contributed by atoms with Gasteiger partial charge >= 0.3 is 0 Å². The Morgan fingerprint density at radius 1 is 1.19 bits per heavy atom. The second-order valence-electron chi connectivity index (χ2n) is 8.12. The zero-order valence-electron chi connectivity index (χ0n) is 17.3. The van der Waals surface area contributed by atoms with Crippen LogP contribution in [0.4, 0.5) is 5.82 Å². The van der Waals surface area contributed by atoms with Crippen molar-refractivity contribution >= 4 is 28.3 Å². The quantitative estimate of drug-likeness (QED) is 0.459. The highest BCUT2D eigenvalue weighted by molar-refractivity contribution is 6.11. The van der Waals surface area contributed by atoms with Crippen molar-refractivity contribution in [1.82, 2.24) is 24.7 Å². The molecular formula is C23H22N6O2. The smallest absolute Gasteiger partial charge is 0.256 e. The maximum atomic E-state index is 12.8. The van der Waals surface area contributed by atoms with Gasteiger partial charge in [0, 0.05) is 34.5 Å². The van der Waals surface area contributed by atoms with Crippen LogP contribution in [0.1, 0.15) is 53.6 Å². The third-order valence-corrected chi connectivity index (χ3v) is 5.50. The molecule has 1 amide bonds. The topological polar surface area (TPSA) is 106 Å². The van der Waals surface area contributed by atoms with Crippen molar-refractivity contribution in [3.63, 3.8) is 0 Å². The van der Waals surface area contributed by atoms with Crippen LogP contribution in [0.2, 0.25) is 0 Å². The van der Waals surface area contributed by atoms with Gasteiger partial charge in [-0.3, -0.25) is 9.59 Å². The molecule has 31 heavy (non-hydrogen) atoms. The van der Waals surface area contributed by atoms with Crippen LogP contribution in [0, 0.1) is 5.92 Å². The number of nitrogens with one attached hydrogen (secondary N) is 2. The van der Waals surface area contributed by atoms with Gasteiger partial charge in [0.2, 0.25) is 0 Å². The van der Waals surface area contributed by atoms with Gasteiger partial charge in [0.1, 0.15) is 17.8 Å². The number of H-pyrrole nitrogens is 1. The zero-order chi connectivity index (χ0) is 21.5. The molecule has 156 valence electrons. The number of nitrogens with zero attached hydrogens (tertiary/aromatic N) is 4. The fourth-order valence-electron chi connectivity index (χ4n) is 3.65. The number of fused-ring (bicyclic) bond motifs is 1. The number of amides is 1. The SMILES string of the molecule is CC(C)n1cnnc1-c1cccc(NC(=O)c2ccc3c(C(=O)C4CC4)[nH]cc3c2)n1. The molecule has 3 heterocycles. The molecule has 1 aliphatic rings. The Morgan fingerprint density at radius 2 is 2.03 bits per heavy atom. The van der Waals surface area contributed by atoms with Gasteiger partial charge in [-0.05, 0) is 51.0 Å². The molecule has 1 fully saturated rings.